The maximum Gasteiger partial charge on any atom is 0.593 e. The number of halogens is 6. The second-order valence-electron chi connectivity index (χ2n) is 2.20. The van der Waals surface area contributed by atoms with Crippen molar-refractivity contribution < 1.29 is 35.1 Å². The molecule has 1 atom stereocenters. The first-order valence-electron chi connectivity index (χ1n) is 2.79. The van der Waals surface area contributed by atoms with Gasteiger partial charge in [-0.05, 0) is 0 Å². The molecule has 0 aromatic rings. The van der Waals surface area contributed by atoms with E-state index < -0.39 is 32.5 Å². The van der Waals surface area contributed by atoms with Crippen LogP contribution < -0.4 is 4.13 Å². The van der Waals surface area contributed by atoms with Crippen LogP contribution in [-0.2, 0) is 21.5 Å². The van der Waals surface area contributed by atoms with Gasteiger partial charge in [-0.25, -0.2) is 0 Å². The Labute approximate surface area is 78.7 Å². The normalized spacial score (nSPS) is 18.0. The molecule has 14 heavy (non-hydrogen) atoms. The molecule has 0 amide bonds. The first-order valence-corrected chi connectivity index (χ1v) is 6.09. The average molecular weight is 265 g/mol. The SMILES string of the molecule is C[SH](=O)(N[S+]([O-])C(F)(F)F)C(F)(F)F. The zero-order valence-electron chi connectivity index (χ0n) is 6.44. The van der Waals surface area contributed by atoms with Crippen LogP contribution in [0.25, 0.3) is 0 Å². The number of hydrogen-bond donors (Lipinski definition) is 2. The van der Waals surface area contributed by atoms with Crippen molar-refractivity contribution in [3.63, 3.8) is 0 Å². The van der Waals surface area contributed by atoms with Crippen LogP contribution in [0.5, 0.6) is 0 Å². The monoisotopic (exact) mass is 265 g/mol. The van der Waals surface area contributed by atoms with Gasteiger partial charge in [0.05, 0.1) is 10.1 Å². The minimum absolute atomic E-state index is 0.0244. The van der Waals surface area contributed by atoms with Gasteiger partial charge in [-0.15, -0.1) is 13.2 Å². The largest absolute Gasteiger partial charge is 0.593 e. The van der Waals surface area contributed by atoms with Crippen LogP contribution in [0.2, 0.25) is 0 Å². The van der Waals surface area contributed by atoms with Gasteiger partial charge in [0.1, 0.15) is 0 Å². The summed E-state index contributed by atoms with van der Waals surface area (Å²) in [7, 11) is -5.30. The lowest BCUT2D eigenvalue weighted by Crippen LogP contribution is -2.49. The second kappa shape index (κ2) is 3.87. The zero-order chi connectivity index (χ0) is 11.8. The zero-order valence-corrected chi connectivity index (χ0v) is 8.15. The smallest absolute Gasteiger partial charge is 0.590 e. The highest BCUT2D eigenvalue weighted by molar-refractivity contribution is 8.11. The van der Waals surface area contributed by atoms with E-state index in [0.717, 1.165) is 0 Å². The number of rotatable bonds is 2. The molecule has 0 aliphatic heterocycles. The van der Waals surface area contributed by atoms with Gasteiger partial charge < -0.3 is 4.55 Å². The highest BCUT2D eigenvalue weighted by Gasteiger charge is 2.52. The van der Waals surface area contributed by atoms with Crippen LogP contribution in [0.3, 0.4) is 0 Å². The number of alkyl halides is 6. The third-order valence-electron chi connectivity index (χ3n) is 0.951. The third kappa shape index (κ3) is 3.63. The van der Waals surface area contributed by atoms with Crippen LogP contribution >= 0.6 is 0 Å². The van der Waals surface area contributed by atoms with Gasteiger partial charge in [-0.1, -0.05) is 4.13 Å². The molecule has 0 aliphatic rings. The lowest BCUT2D eigenvalue weighted by Gasteiger charge is -2.23. The van der Waals surface area contributed by atoms with Crippen molar-refractivity contribution in [1.29, 1.82) is 0 Å². The quantitative estimate of drug-likeness (QED) is 0.441. The highest BCUT2D eigenvalue weighted by atomic mass is 32.3. The average Bonchev–Trinajstić information content (AvgIpc) is 1.80. The Morgan fingerprint density at radius 1 is 1.21 bits per heavy atom. The summed E-state index contributed by atoms with van der Waals surface area (Å²) in [6.07, 6.45) is 0.0244. The van der Waals surface area contributed by atoms with E-state index in [1.54, 1.807) is 0 Å². The molecule has 0 spiro atoms. The fourth-order valence-electron chi connectivity index (χ4n) is 0.262. The van der Waals surface area contributed by atoms with Crippen molar-refractivity contribution in [2.75, 3.05) is 6.26 Å². The van der Waals surface area contributed by atoms with Gasteiger partial charge >= 0.3 is 11.0 Å². The Morgan fingerprint density at radius 3 is 1.79 bits per heavy atom. The first-order chi connectivity index (χ1) is 5.88. The Kier molecular flexibility index (Phi) is 3.87. The summed E-state index contributed by atoms with van der Waals surface area (Å²) in [6, 6.07) is 0. The van der Waals surface area contributed by atoms with Crippen LogP contribution in [0.1, 0.15) is 0 Å². The van der Waals surface area contributed by atoms with Gasteiger partial charge in [0.2, 0.25) is 0 Å². The molecule has 0 bridgehead atoms. The van der Waals surface area contributed by atoms with Gasteiger partial charge in [-0.3, -0.25) is 4.21 Å². The van der Waals surface area contributed by atoms with Gasteiger partial charge in [0, 0.05) is 6.26 Å². The van der Waals surface area contributed by atoms with E-state index in [4.69, 9.17) is 0 Å². The van der Waals surface area contributed by atoms with Crippen molar-refractivity contribution in [2.24, 2.45) is 0 Å². The fourth-order valence-corrected chi connectivity index (χ4v) is 2.36. The fraction of sp³-hybridized carbons (Fsp3) is 1.00. The van der Waals surface area contributed by atoms with E-state index in [9.17, 15) is 35.1 Å². The molecular formula is C3H5F6NO2S2. The van der Waals surface area contributed by atoms with Crippen LogP contribution in [-0.4, -0.2) is 26.0 Å². The lowest BCUT2D eigenvalue weighted by atomic mass is 11.6. The molecule has 0 rings (SSSR count). The van der Waals surface area contributed by atoms with E-state index in [1.165, 1.54) is 0 Å². The van der Waals surface area contributed by atoms with Crippen molar-refractivity contribution in [3.8, 4) is 0 Å². The van der Waals surface area contributed by atoms with E-state index in [-0.39, 0.29) is 6.26 Å². The summed E-state index contributed by atoms with van der Waals surface area (Å²) in [6.45, 7) is 0. The summed E-state index contributed by atoms with van der Waals surface area (Å²) in [4.78, 5) is 0. The minimum atomic E-state index is -5.38. The molecule has 0 heterocycles. The Bertz CT molecular complexity index is 248. The summed E-state index contributed by atoms with van der Waals surface area (Å²) in [5.74, 6) is 0. The molecule has 0 aliphatic carbocycles. The van der Waals surface area contributed by atoms with Gasteiger partial charge in [0.15, 0.2) is 11.4 Å². The Morgan fingerprint density at radius 2 is 1.57 bits per heavy atom. The molecule has 0 aromatic carbocycles. The molecule has 0 radical (unpaired) electrons. The van der Waals surface area contributed by atoms with Gasteiger partial charge in [0.25, 0.3) is 0 Å². The van der Waals surface area contributed by atoms with E-state index in [2.05, 4.69) is 0 Å². The Balaban J connectivity index is 4.63. The van der Waals surface area contributed by atoms with Crippen molar-refractivity contribution >= 4 is 21.5 Å². The van der Waals surface area contributed by atoms with Crippen LogP contribution in [0.15, 0.2) is 0 Å². The minimum Gasteiger partial charge on any atom is -0.590 e. The number of hydrogen-bond acceptors (Lipinski definition) is 2. The molecule has 0 aromatic heterocycles. The summed E-state index contributed by atoms with van der Waals surface area (Å²) in [5, 5.41) is 0. The van der Waals surface area contributed by atoms with E-state index >= 15 is 0 Å². The predicted molar refractivity (Wildman–Crippen MR) is 38.8 cm³/mol. The highest BCUT2D eigenvalue weighted by Crippen LogP contribution is 2.30. The summed E-state index contributed by atoms with van der Waals surface area (Å²) >= 11 is -3.99. The van der Waals surface area contributed by atoms with E-state index in [0.29, 0.717) is 4.13 Å². The van der Waals surface area contributed by atoms with Gasteiger partial charge in [-0.2, -0.15) is 13.2 Å². The van der Waals surface area contributed by atoms with Crippen molar-refractivity contribution in [1.82, 2.24) is 4.13 Å². The van der Waals surface area contributed by atoms with Crippen LogP contribution in [0, 0.1) is 0 Å². The molecule has 0 saturated carbocycles. The molecule has 1 unspecified atom stereocenters. The maximum absolute atomic E-state index is 11.8. The molecule has 11 heteroatoms. The number of thiol groups is 1. The molecule has 88 valence electrons. The standard InChI is InChI=1S/C3H5F6NO2S2/c1-14(12,3(7,8)9)10-13(11)2(4,5)6/h14H,1H3,(H,10,12). The summed E-state index contributed by atoms with van der Waals surface area (Å²) < 4.78 is 91.0. The third-order valence-corrected chi connectivity index (χ3v) is 4.40. The van der Waals surface area contributed by atoms with Crippen molar-refractivity contribution in [2.45, 2.75) is 11.0 Å². The topological polar surface area (TPSA) is 52.2 Å². The van der Waals surface area contributed by atoms with E-state index in [1.807, 2.05) is 0 Å². The first kappa shape index (κ1) is 14.0. The molecule has 3 nitrogen and oxygen atoms in total. The maximum atomic E-state index is 11.8. The molecule has 0 fully saturated rings. The Hall–Kier alpha value is -0.0000000000000000555. The lowest BCUT2D eigenvalue weighted by molar-refractivity contribution is -0.0463. The second-order valence-corrected chi connectivity index (χ2v) is 6.28. The molecule has 1 N–H and O–H groups in total. The summed E-state index contributed by atoms with van der Waals surface area (Å²) in [5.41, 5.74) is -10.7. The molecular weight excluding hydrogens is 260 g/mol. The molecule has 0 saturated heterocycles. The predicted octanol–water partition coefficient (Wildman–Crippen LogP) is 0.841. The van der Waals surface area contributed by atoms with Crippen molar-refractivity contribution in [3.05, 3.63) is 0 Å². The number of nitrogens with one attached hydrogen (secondary N) is 1. The van der Waals surface area contributed by atoms with Crippen LogP contribution in [0.4, 0.5) is 26.3 Å².